The van der Waals surface area contributed by atoms with Gasteiger partial charge in [0, 0.05) is 25.0 Å². The molecule has 1 aromatic rings. The number of rotatable bonds is 5. The van der Waals surface area contributed by atoms with Gasteiger partial charge >= 0.3 is 0 Å². The van der Waals surface area contributed by atoms with Crippen molar-refractivity contribution in [3.05, 3.63) is 29.8 Å². The Morgan fingerprint density at radius 2 is 1.96 bits per heavy atom. The van der Waals surface area contributed by atoms with Gasteiger partial charge in [0.05, 0.1) is 0 Å². The minimum absolute atomic E-state index is 0.0700. The summed E-state index contributed by atoms with van der Waals surface area (Å²) in [6, 6.07) is 2.43. The molecule has 0 aliphatic carbocycles. The maximum absolute atomic E-state index is 13.8. The first-order chi connectivity index (χ1) is 11.3. The molecule has 134 valence electrons. The van der Waals surface area contributed by atoms with E-state index in [1.807, 2.05) is 13.8 Å². The third-order valence-electron chi connectivity index (χ3n) is 4.34. The number of benzene rings is 1. The minimum Gasteiger partial charge on any atom is -0.353 e. The van der Waals surface area contributed by atoms with Gasteiger partial charge in [0.1, 0.15) is 16.5 Å². The molecule has 2 rings (SSSR count). The number of hydrogen-bond donors (Lipinski definition) is 1. The van der Waals surface area contributed by atoms with Crippen molar-refractivity contribution in [1.82, 2.24) is 9.62 Å². The molecule has 0 spiro atoms. The number of carbonyl (C=O) groups is 1. The van der Waals surface area contributed by atoms with Gasteiger partial charge in [0.2, 0.25) is 15.9 Å². The number of carbonyl (C=O) groups excluding carboxylic acids is 1. The first-order valence-electron chi connectivity index (χ1n) is 8.01. The molecular formula is C16H22F2N2O3S. The summed E-state index contributed by atoms with van der Waals surface area (Å²) in [7, 11) is -4.11. The monoisotopic (exact) mass is 360 g/mol. The Bertz CT molecular complexity index is 701. The van der Waals surface area contributed by atoms with Crippen LogP contribution < -0.4 is 5.32 Å². The van der Waals surface area contributed by atoms with E-state index in [-0.39, 0.29) is 31.0 Å². The Morgan fingerprint density at radius 1 is 1.33 bits per heavy atom. The van der Waals surface area contributed by atoms with E-state index in [0.29, 0.717) is 18.9 Å². The first-order valence-corrected chi connectivity index (χ1v) is 9.45. The summed E-state index contributed by atoms with van der Waals surface area (Å²) in [5, 5.41) is 2.88. The molecule has 1 aliphatic rings. The second-order valence-corrected chi connectivity index (χ2v) is 7.98. The molecule has 1 aromatic carbocycles. The molecule has 1 amide bonds. The van der Waals surface area contributed by atoms with Crippen LogP contribution in [0.1, 0.15) is 33.1 Å². The van der Waals surface area contributed by atoms with Crippen molar-refractivity contribution >= 4 is 15.9 Å². The van der Waals surface area contributed by atoms with Gasteiger partial charge in [0.25, 0.3) is 0 Å². The maximum atomic E-state index is 13.8. The molecule has 1 saturated heterocycles. The van der Waals surface area contributed by atoms with Crippen molar-refractivity contribution in [1.29, 1.82) is 0 Å². The third kappa shape index (κ3) is 4.10. The molecular weight excluding hydrogens is 338 g/mol. The van der Waals surface area contributed by atoms with Gasteiger partial charge in [-0.3, -0.25) is 4.79 Å². The normalized spacial score (nSPS) is 18.3. The minimum atomic E-state index is -4.11. The second-order valence-electron chi connectivity index (χ2n) is 6.07. The first kappa shape index (κ1) is 18.8. The van der Waals surface area contributed by atoms with Gasteiger partial charge in [-0.15, -0.1) is 0 Å². The Balaban J connectivity index is 2.06. The van der Waals surface area contributed by atoms with Gasteiger partial charge in [-0.25, -0.2) is 17.2 Å². The lowest BCUT2D eigenvalue weighted by molar-refractivity contribution is -0.126. The Kier molecular flexibility index (Phi) is 5.92. The van der Waals surface area contributed by atoms with Crippen LogP contribution in [0.3, 0.4) is 0 Å². The SMILES string of the molecule is CCC(C)NC(=O)C1CCN(S(=O)(=O)c2cc(F)ccc2F)CC1. The lowest BCUT2D eigenvalue weighted by Crippen LogP contribution is -2.44. The highest BCUT2D eigenvalue weighted by Gasteiger charge is 2.33. The van der Waals surface area contributed by atoms with Crippen molar-refractivity contribution < 1.29 is 22.0 Å². The fraction of sp³-hybridized carbons (Fsp3) is 0.562. The summed E-state index contributed by atoms with van der Waals surface area (Å²) in [5.74, 6) is -2.13. The number of amides is 1. The Hall–Kier alpha value is -1.54. The van der Waals surface area contributed by atoms with Crippen LogP contribution in [0.5, 0.6) is 0 Å². The molecule has 0 radical (unpaired) electrons. The van der Waals surface area contributed by atoms with Gasteiger partial charge in [-0.05, 0) is 44.4 Å². The number of hydrogen-bond acceptors (Lipinski definition) is 3. The standard InChI is InChI=1S/C16H22F2N2O3S/c1-3-11(2)19-16(21)12-6-8-20(9-7-12)24(22,23)15-10-13(17)4-5-14(15)18/h4-5,10-12H,3,6-9H2,1-2H3,(H,19,21). The highest BCUT2D eigenvalue weighted by Crippen LogP contribution is 2.26. The zero-order valence-electron chi connectivity index (χ0n) is 13.8. The summed E-state index contributed by atoms with van der Waals surface area (Å²) in [5.41, 5.74) is 0. The van der Waals surface area contributed by atoms with Crippen molar-refractivity contribution in [3.63, 3.8) is 0 Å². The van der Waals surface area contributed by atoms with Crippen LogP contribution in [-0.4, -0.2) is 37.8 Å². The predicted molar refractivity (Wildman–Crippen MR) is 85.7 cm³/mol. The zero-order chi connectivity index (χ0) is 17.9. The Labute approximate surface area is 141 Å². The molecule has 1 fully saturated rings. The summed E-state index contributed by atoms with van der Waals surface area (Å²) in [6.45, 7) is 4.09. The quantitative estimate of drug-likeness (QED) is 0.876. The zero-order valence-corrected chi connectivity index (χ0v) is 14.6. The van der Waals surface area contributed by atoms with E-state index in [0.717, 1.165) is 22.9 Å². The maximum Gasteiger partial charge on any atom is 0.246 e. The fourth-order valence-corrected chi connectivity index (χ4v) is 4.18. The van der Waals surface area contributed by atoms with Crippen LogP contribution in [0.4, 0.5) is 8.78 Å². The van der Waals surface area contributed by atoms with Crippen molar-refractivity contribution in [2.75, 3.05) is 13.1 Å². The number of nitrogens with one attached hydrogen (secondary N) is 1. The molecule has 0 aromatic heterocycles. The summed E-state index contributed by atoms with van der Waals surface area (Å²) in [6.07, 6.45) is 1.54. The molecule has 8 heteroatoms. The molecule has 0 saturated carbocycles. The number of sulfonamides is 1. The van der Waals surface area contributed by atoms with E-state index in [1.165, 1.54) is 0 Å². The molecule has 1 heterocycles. The second kappa shape index (κ2) is 7.57. The van der Waals surface area contributed by atoms with Crippen LogP contribution >= 0.6 is 0 Å². The van der Waals surface area contributed by atoms with Crippen molar-refractivity contribution in [2.45, 2.75) is 44.0 Å². The molecule has 0 bridgehead atoms. The number of halogens is 2. The van der Waals surface area contributed by atoms with Crippen molar-refractivity contribution in [3.8, 4) is 0 Å². The molecule has 1 N–H and O–H groups in total. The van der Waals surface area contributed by atoms with Crippen LogP contribution in [0.2, 0.25) is 0 Å². The number of nitrogens with zero attached hydrogens (tertiary/aromatic N) is 1. The lowest BCUT2D eigenvalue weighted by Gasteiger charge is -2.31. The summed E-state index contributed by atoms with van der Waals surface area (Å²) in [4.78, 5) is 11.4. The van der Waals surface area contributed by atoms with Crippen LogP contribution in [0, 0.1) is 17.6 Å². The topological polar surface area (TPSA) is 66.5 Å². The highest BCUT2D eigenvalue weighted by atomic mass is 32.2. The van der Waals surface area contributed by atoms with Gasteiger partial charge in [0.15, 0.2) is 0 Å². The molecule has 5 nitrogen and oxygen atoms in total. The van der Waals surface area contributed by atoms with Gasteiger partial charge in [-0.1, -0.05) is 6.92 Å². The van der Waals surface area contributed by atoms with E-state index in [1.54, 1.807) is 0 Å². The lowest BCUT2D eigenvalue weighted by atomic mass is 9.97. The average molecular weight is 360 g/mol. The summed E-state index contributed by atoms with van der Waals surface area (Å²) >= 11 is 0. The van der Waals surface area contributed by atoms with E-state index < -0.39 is 26.6 Å². The average Bonchev–Trinajstić information content (AvgIpc) is 2.56. The van der Waals surface area contributed by atoms with E-state index >= 15 is 0 Å². The van der Waals surface area contributed by atoms with E-state index in [9.17, 15) is 22.0 Å². The Morgan fingerprint density at radius 3 is 2.54 bits per heavy atom. The smallest absolute Gasteiger partial charge is 0.246 e. The molecule has 1 atom stereocenters. The number of piperidine rings is 1. The highest BCUT2D eigenvalue weighted by molar-refractivity contribution is 7.89. The third-order valence-corrected chi connectivity index (χ3v) is 6.25. The van der Waals surface area contributed by atoms with E-state index in [2.05, 4.69) is 5.32 Å². The van der Waals surface area contributed by atoms with Gasteiger partial charge in [-0.2, -0.15) is 4.31 Å². The fourth-order valence-electron chi connectivity index (χ4n) is 2.64. The van der Waals surface area contributed by atoms with Crippen molar-refractivity contribution in [2.24, 2.45) is 5.92 Å². The molecule has 24 heavy (non-hydrogen) atoms. The molecule has 1 unspecified atom stereocenters. The largest absolute Gasteiger partial charge is 0.353 e. The van der Waals surface area contributed by atoms with E-state index in [4.69, 9.17) is 0 Å². The predicted octanol–water partition coefficient (Wildman–Crippen LogP) is 2.28. The van der Waals surface area contributed by atoms with Crippen LogP contribution in [0.15, 0.2) is 23.1 Å². The summed E-state index contributed by atoms with van der Waals surface area (Å²) < 4.78 is 53.1. The van der Waals surface area contributed by atoms with Crippen LogP contribution in [-0.2, 0) is 14.8 Å². The van der Waals surface area contributed by atoms with Crippen LogP contribution in [0.25, 0.3) is 0 Å². The van der Waals surface area contributed by atoms with Gasteiger partial charge < -0.3 is 5.32 Å². The molecule has 1 aliphatic heterocycles.